The van der Waals surface area contributed by atoms with Crippen LogP contribution in [0.3, 0.4) is 0 Å². The first kappa shape index (κ1) is 31.6. The lowest BCUT2D eigenvalue weighted by atomic mass is 9.92. The summed E-state index contributed by atoms with van der Waals surface area (Å²) in [6.07, 6.45) is 0.898. The highest BCUT2D eigenvalue weighted by molar-refractivity contribution is 8.23. The van der Waals surface area contributed by atoms with Crippen LogP contribution in [0.5, 0.6) is 0 Å². The van der Waals surface area contributed by atoms with E-state index in [1.54, 1.807) is 23.5 Å². The summed E-state index contributed by atoms with van der Waals surface area (Å²) in [5.74, 6) is 1.89. The number of rotatable bonds is 9. The van der Waals surface area contributed by atoms with Gasteiger partial charge in [0.05, 0.1) is 26.4 Å². The third kappa shape index (κ3) is 8.05. The third-order valence-electron chi connectivity index (χ3n) is 8.28. The fourth-order valence-electron chi connectivity index (χ4n) is 5.86. The van der Waals surface area contributed by atoms with Crippen molar-refractivity contribution in [2.24, 2.45) is 0 Å². The molecule has 0 spiro atoms. The van der Waals surface area contributed by atoms with Crippen LogP contribution in [0.15, 0.2) is 78.9 Å². The van der Waals surface area contributed by atoms with E-state index in [1.807, 2.05) is 0 Å². The molecule has 2 aliphatic heterocycles. The van der Waals surface area contributed by atoms with Gasteiger partial charge < -0.3 is 24.2 Å². The van der Waals surface area contributed by atoms with E-state index in [4.69, 9.17) is 33.9 Å². The maximum atomic E-state index is 5.76. The fraction of sp³-hybridized carbons (Fsp3) is 0.371. The molecule has 0 radical (unpaired) electrons. The number of fused-ring (bicyclic) bond motifs is 2. The van der Waals surface area contributed by atoms with Gasteiger partial charge in [0.2, 0.25) is 0 Å². The quantitative estimate of drug-likeness (QED) is 0.138. The van der Waals surface area contributed by atoms with Crippen molar-refractivity contribution in [3.63, 3.8) is 0 Å². The third-order valence-corrected chi connectivity index (χ3v) is 11.3. The molecule has 4 aromatic rings. The molecule has 230 valence electrons. The van der Waals surface area contributed by atoms with E-state index in [2.05, 4.69) is 93.6 Å². The number of benzene rings is 4. The number of ether oxygens (including phenoxy) is 2. The van der Waals surface area contributed by atoms with Crippen molar-refractivity contribution in [2.75, 3.05) is 82.1 Å². The molecule has 6 rings (SSSR count). The molecule has 2 saturated heterocycles. The normalized spacial score (nSPS) is 15.5. The molecule has 0 atom stereocenters. The minimum Gasteiger partial charge on any atom is -0.378 e. The van der Waals surface area contributed by atoms with E-state index in [1.165, 1.54) is 38.4 Å². The van der Waals surface area contributed by atoms with Crippen LogP contribution in [0.1, 0.15) is 11.1 Å². The maximum Gasteiger partial charge on any atom is 0.136 e. The van der Waals surface area contributed by atoms with Gasteiger partial charge in [-0.3, -0.25) is 0 Å². The van der Waals surface area contributed by atoms with Gasteiger partial charge in [0.25, 0.3) is 0 Å². The summed E-state index contributed by atoms with van der Waals surface area (Å²) in [5, 5.41) is 5.25. The first-order valence-electron chi connectivity index (χ1n) is 15.4. The van der Waals surface area contributed by atoms with Crippen molar-refractivity contribution < 1.29 is 9.47 Å². The second-order valence-electron chi connectivity index (χ2n) is 11.1. The van der Waals surface area contributed by atoms with Gasteiger partial charge in [-0.05, 0) is 57.3 Å². The lowest BCUT2D eigenvalue weighted by Crippen LogP contribution is -2.39. The van der Waals surface area contributed by atoms with Crippen LogP contribution in [0.4, 0.5) is 5.69 Å². The maximum absolute atomic E-state index is 5.76. The molecule has 0 aliphatic carbocycles. The number of hydrogen-bond acceptors (Lipinski definition) is 7. The molecule has 2 aliphatic rings. The minimum atomic E-state index is 0.758. The van der Waals surface area contributed by atoms with Gasteiger partial charge in [0.1, 0.15) is 8.64 Å². The van der Waals surface area contributed by atoms with Crippen LogP contribution in [-0.2, 0) is 15.9 Å². The monoisotopic (exact) mass is 661 g/mol. The number of hydrogen-bond donors (Lipinski definition) is 0. The molecule has 0 unspecified atom stereocenters. The molecular formula is C35H39N3O2S4. The Kier molecular flexibility index (Phi) is 11.3. The summed E-state index contributed by atoms with van der Waals surface area (Å²) in [7, 11) is 0. The van der Waals surface area contributed by atoms with E-state index in [-0.39, 0.29) is 0 Å². The lowest BCUT2D eigenvalue weighted by molar-refractivity contribution is 0.0702. The van der Waals surface area contributed by atoms with Crippen LogP contribution in [0, 0.1) is 0 Å². The predicted octanol–water partition coefficient (Wildman–Crippen LogP) is 7.09. The van der Waals surface area contributed by atoms with Crippen molar-refractivity contribution in [1.82, 2.24) is 9.80 Å². The highest BCUT2D eigenvalue weighted by Crippen LogP contribution is 2.31. The molecular weight excluding hydrogens is 623 g/mol. The number of thioether (sulfide) groups is 2. The van der Waals surface area contributed by atoms with Crippen LogP contribution < -0.4 is 4.90 Å². The van der Waals surface area contributed by atoms with Crippen LogP contribution >= 0.6 is 48.0 Å². The van der Waals surface area contributed by atoms with Gasteiger partial charge in [0, 0.05) is 56.5 Å². The second-order valence-corrected chi connectivity index (χ2v) is 14.5. The fourth-order valence-corrected chi connectivity index (χ4v) is 8.43. The molecule has 0 amide bonds. The van der Waals surface area contributed by atoms with Crippen molar-refractivity contribution >= 4 is 83.8 Å². The van der Waals surface area contributed by atoms with Crippen LogP contribution in [0.2, 0.25) is 0 Å². The zero-order chi connectivity index (χ0) is 30.1. The van der Waals surface area contributed by atoms with Gasteiger partial charge in [-0.1, -0.05) is 109 Å². The standard InChI is InChI=1S/C35H39N3O2S4/c41-34(37-13-19-39-20-14-37)43-23-17-36(18-24-44-35(42)38-15-21-40-22-16-38)30-11-9-27(10-12-30)25-33-31-7-3-1-5-28(31)26-29-6-2-4-8-32(29)33/h1-12,26H,13-25H2. The van der Waals surface area contributed by atoms with Gasteiger partial charge in [-0.15, -0.1) is 0 Å². The Labute approximate surface area is 280 Å². The molecule has 2 fully saturated rings. The first-order valence-corrected chi connectivity index (χ1v) is 18.2. The summed E-state index contributed by atoms with van der Waals surface area (Å²) >= 11 is 15.1. The van der Waals surface area contributed by atoms with Gasteiger partial charge in [-0.25, -0.2) is 0 Å². The highest BCUT2D eigenvalue weighted by atomic mass is 32.2. The summed E-state index contributed by atoms with van der Waals surface area (Å²) in [4.78, 5) is 7.04. The Morgan fingerprint density at radius 1 is 0.659 bits per heavy atom. The summed E-state index contributed by atoms with van der Waals surface area (Å²) in [5.41, 5.74) is 3.96. The van der Waals surface area contributed by atoms with E-state index in [9.17, 15) is 0 Å². The average Bonchev–Trinajstić information content (AvgIpc) is 3.08. The zero-order valence-electron chi connectivity index (χ0n) is 25.0. The largest absolute Gasteiger partial charge is 0.378 e. The predicted molar refractivity (Wildman–Crippen MR) is 198 cm³/mol. The van der Waals surface area contributed by atoms with Crippen LogP contribution in [-0.4, -0.2) is 95.6 Å². The minimum absolute atomic E-state index is 0.758. The van der Waals surface area contributed by atoms with Crippen LogP contribution in [0.25, 0.3) is 21.5 Å². The number of nitrogens with zero attached hydrogens (tertiary/aromatic N) is 3. The zero-order valence-corrected chi connectivity index (χ0v) is 28.3. The topological polar surface area (TPSA) is 28.2 Å². The van der Waals surface area contributed by atoms with Crippen molar-refractivity contribution in [1.29, 1.82) is 0 Å². The van der Waals surface area contributed by atoms with E-state index in [0.717, 1.165) is 92.3 Å². The molecule has 0 bridgehead atoms. The molecule has 0 saturated carbocycles. The SMILES string of the molecule is S=C(SCCN(CCSC(=S)N1CCOCC1)c1ccc(Cc2c3ccccc3cc3ccccc23)cc1)N1CCOCC1. The molecule has 0 aromatic heterocycles. The molecule has 9 heteroatoms. The molecule has 0 N–H and O–H groups in total. The summed E-state index contributed by atoms with van der Waals surface area (Å²) in [6.45, 7) is 8.43. The van der Waals surface area contributed by atoms with E-state index >= 15 is 0 Å². The Morgan fingerprint density at radius 2 is 1.14 bits per heavy atom. The van der Waals surface area contributed by atoms with Gasteiger partial charge in [0.15, 0.2) is 0 Å². The Bertz CT molecular complexity index is 1480. The Morgan fingerprint density at radius 3 is 1.64 bits per heavy atom. The average molecular weight is 662 g/mol. The van der Waals surface area contributed by atoms with Crippen molar-refractivity contribution in [2.45, 2.75) is 6.42 Å². The second kappa shape index (κ2) is 15.7. The van der Waals surface area contributed by atoms with Crippen molar-refractivity contribution in [3.05, 3.63) is 90.0 Å². The Balaban J connectivity index is 1.15. The van der Waals surface area contributed by atoms with Gasteiger partial charge >= 0.3 is 0 Å². The number of anilines is 1. The first-order chi connectivity index (χ1) is 21.7. The molecule has 2 heterocycles. The molecule has 4 aromatic carbocycles. The van der Waals surface area contributed by atoms with Gasteiger partial charge in [-0.2, -0.15) is 0 Å². The lowest BCUT2D eigenvalue weighted by Gasteiger charge is -2.30. The van der Waals surface area contributed by atoms with E-state index in [0.29, 0.717) is 0 Å². The number of thiocarbonyl (C=S) groups is 2. The highest BCUT2D eigenvalue weighted by Gasteiger charge is 2.17. The smallest absolute Gasteiger partial charge is 0.136 e. The molecule has 44 heavy (non-hydrogen) atoms. The summed E-state index contributed by atoms with van der Waals surface area (Å²) < 4.78 is 13.0. The number of morpholine rings is 2. The van der Waals surface area contributed by atoms with Crippen molar-refractivity contribution in [3.8, 4) is 0 Å². The molecule has 5 nitrogen and oxygen atoms in total. The Hall–Kier alpha value is -2.40. The van der Waals surface area contributed by atoms with E-state index < -0.39 is 0 Å². The summed E-state index contributed by atoms with van der Waals surface area (Å²) in [6, 6.07) is 29.0.